The summed E-state index contributed by atoms with van der Waals surface area (Å²) in [5, 5.41) is 4.18. The second-order valence-electron chi connectivity index (χ2n) is 8.40. The summed E-state index contributed by atoms with van der Waals surface area (Å²) in [5.41, 5.74) is 4.58. The topological polar surface area (TPSA) is 64.0 Å². The average Bonchev–Trinajstić information content (AvgIpc) is 2.81. The molecule has 0 unspecified atom stereocenters. The van der Waals surface area contributed by atoms with E-state index in [-0.39, 0.29) is 17.5 Å². The highest BCUT2D eigenvalue weighted by atomic mass is 32.2. The van der Waals surface area contributed by atoms with Crippen LogP contribution in [0.2, 0.25) is 0 Å². The summed E-state index contributed by atoms with van der Waals surface area (Å²) in [7, 11) is 0. The van der Waals surface area contributed by atoms with Crippen LogP contribution in [-0.2, 0) is 12.3 Å². The molecule has 1 aromatic heterocycles. The normalized spacial score (nSPS) is 11.2. The third kappa shape index (κ3) is 5.52. The van der Waals surface area contributed by atoms with Crippen molar-refractivity contribution in [3.05, 3.63) is 105 Å². The predicted molar refractivity (Wildman–Crippen MR) is 135 cm³/mol. The number of nitrogens with zero attached hydrogens (tertiary/aromatic N) is 2. The number of aryl methyl sites for hydroxylation is 1. The van der Waals surface area contributed by atoms with Crippen molar-refractivity contribution in [2.24, 2.45) is 0 Å². The Morgan fingerprint density at radius 1 is 0.970 bits per heavy atom. The Morgan fingerprint density at radius 3 is 2.33 bits per heavy atom. The highest BCUT2D eigenvalue weighted by Crippen LogP contribution is 2.23. The fourth-order valence-electron chi connectivity index (χ4n) is 3.52. The Labute approximate surface area is 197 Å². The van der Waals surface area contributed by atoms with E-state index in [9.17, 15) is 9.59 Å². The van der Waals surface area contributed by atoms with E-state index in [1.807, 2.05) is 50.2 Å². The van der Waals surface area contributed by atoms with Gasteiger partial charge in [-0.05, 0) is 56.2 Å². The van der Waals surface area contributed by atoms with Gasteiger partial charge in [0.2, 0.25) is 0 Å². The van der Waals surface area contributed by atoms with E-state index in [1.165, 1.54) is 11.1 Å². The van der Waals surface area contributed by atoms with Gasteiger partial charge in [0.15, 0.2) is 5.16 Å². The SMILES string of the molecule is Cc1ccc(CSc2nc3ccccc3c(=O)n2Cc2ccc(C(=O)NC(C)C)cc2)cc1. The van der Waals surface area contributed by atoms with E-state index in [1.54, 1.807) is 28.5 Å². The zero-order valence-electron chi connectivity index (χ0n) is 19.0. The first-order chi connectivity index (χ1) is 15.9. The van der Waals surface area contributed by atoms with Crippen molar-refractivity contribution in [3.63, 3.8) is 0 Å². The number of carbonyl (C=O) groups is 1. The molecule has 3 aromatic carbocycles. The van der Waals surface area contributed by atoms with E-state index in [0.717, 1.165) is 11.3 Å². The maximum atomic E-state index is 13.4. The predicted octanol–water partition coefficient (Wildman–Crippen LogP) is 5.18. The number of carbonyl (C=O) groups excluding carboxylic acids is 1. The van der Waals surface area contributed by atoms with Crippen LogP contribution in [0.5, 0.6) is 0 Å². The zero-order valence-corrected chi connectivity index (χ0v) is 19.9. The van der Waals surface area contributed by atoms with Crippen molar-refractivity contribution < 1.29 is 4.79 Å². The largest absolute Gasteiger partial charge is 0.350 e. The molecule has 0 bridgehead atoms. The Morgan fingerprint density at radius 2 is 1.64 bits per heavy atom. The molecule has 0 atom stereocenters. The average molecular weight is 458 g/mol. The molecular weight excluding hydrogens is 430 g/mol. The number of aromatic nitrogens is 2. The molecule has 0 saturated carbocycles. The first-order valence-electron chi connectivity index (χ1n) is 11.0. The lowest BCUT2D eigenvalue weighted by atomic mass is 10.1. The first kappa shape index (κ1) is 22.8. The Bertz CT molecular complexity index is 1330. The molecule has 33 heavy (non-hydrogen) atoms. The summed E-state index contributed by atoms with van der Waals surface area (Å²) in [4.78, 5) is 30.4. The van der Waals surface area contributed by atoms with Gasteiger partial charge >= 0.3 is 0 Å². The van der Waals surface area contributed by atoms with Crippen LogP contribution < -0.4 is 10.9 Å². The van der Waals surface area contributed by atoms with Crippen LogP contribution >= 0.6 is 11.8 Å². The van der Waals surface area contributed by atoms with Crippen LogP contribution in [0.3, 0.4) is 0 Å². The maximum Gasteiger partial charge on any atom is 0.262 e. The number of amides is 1. The number of benzene rings is 3. The molecule has 0 fully saturated rings. The molecule has 4 rings (SSSR count). The monoisotopic (exact) mass is 457 g/mol. The molecule has 5 nitrogen and oxygen atoms in total. The third-order valence-electron chi connectivity index (χ3n) is 5.29. The van der Waals surface area contributed by atoms with E-state index < -0.39 is 0 Å². The van der Waals surface area contributed by atoms with Gasteiger partial charge < -0.3 is 5.32 Å². The van der Waals surface area contributed by atoms with Gasteiger partial charge in [-0.3, -0.25) is 14.2 Å². The molecule has 0 aliphatic heterocycles. The number of thioether (sulfide) groups is 1. The fourth-order valence-corrected chi connectivity index (χ4v) is 4.47. The quantitative estimate of drug-likeness (QED) is 0.307. The van der Waals surface area contributed by atoms with Gasteiger partial charge in [0.05, 0.1) is 17.4 Å². The van der Waals surface area contributed by atoms with Crippen molar-refractivity contribution in [1.82, 2.24) is 14.9 Å². The van der Waals surface area contributed by atoms with Crippen molar-refractivity contribution in [3.8, 4) is 0 Å². The fraction of sp³-hybridized carbons (Fsp3) is 0.222. The van der Waals surface area contributed by atoms with Crippen molar-refractivity contribution in [1.29, 1.82) is 0 Å². The lowest BCUT2D eigenvalue weighted by Crippen LogP contribution is -2.30. The molecule has 1 heterocycles. The molecule has 1 amide bonds. The van der Waals surface area contributed by atoms with Gasteiger partial charge in [-0.1, -0.05) is 65.9 Å². The second kappa shape index (κ2) is 10.0. The summed E-state index contributed by atoms with van der Waals surface area (Å²) >= 11 is 1.56. The van der Waals surface area contributed by atoms with Crippen LogP contribution in [0.1, 0.15) is 40.9 Å². The highest BCUT2D eigenvalue weighted by Gasteiger charge is 2.13. The van der Waals surface area contributed by atoms with Gasteiger partial charge in [-0.15, -0.1) is 0 Å². The van der Waals surface area contributed by atoms with Crippen molar-refractivity contribution in [2.75, 3.05) is 0 Å². The van der Waals surface area contributed by atoms with E-state index in [4.69, 9.17) is 4.98 Å². The maximum absolute atomic E-state index is 13.4. The van der Waals surface area contributed by atoms with Gasteiger partial charge in [0.1, 0.15) is 0 Å². The van der Waals surface area contributed by atoms with Crippen LogP contribution in [0.15, 0.2) is 82.7 Å². The van der Waals surface area contributed by atoms with E-state index >= 15 is 0 Å². The molecule has 0 aliphatic rings. The molecule has 0 aliphatic carbocycles. The number of fused-ring (bicyclic) bond motifs is 1. The molecule has 1 N–H and O–H groups in total. The van der Waals surface area contributed by atoms with E-state index in [2.05, 4.69) is 36.5 Å². The van der Waals surface area contributed by atoms with Crippen molar-refractivity contribution >= 4 is 28.6 Å². The number of rotatable bonds is 7. The van der Waals surface area contributed by atoms with E-state index in [0.29, 0.717) is 28.2 Å². The summed E-state index contributed by atoms with van der Waals surface area (Å²) in [6.07, 6.45) is 0. The van der Waals surface area contributed by atoms with Crippen LogP contribution in [0.4, 0.5) is 0 Å². The Hall–Kier alpha value is -3.38. The standard InChI is InChI=1S/C27H27N3O2S/c1-18(2)28-25(31)22-14-12-20(13-15-22)16-30-26(32)23-6-4-5-7-24(23)29-27(30)33-17-21-10-8-19(3)9-11-21/h4-15,18H,16-17H2,1-3H3,(H,28,31). The van der Waals surface area contributed by atoms with Crippen molar-refractivity contribution in [2.45, 2.75) is 44.3 Å². The van der Waals surface area contributed by atoms with Gasteiger partial charge in [-0.2, -0.15) is 0 Å². The van der Waals surface area contributed by atoms with Gasteiger partial charge in [0, 0.05) is 17.4 Å². The lowest BCUT2D eigenvalue weighted by molar-refractivity contribution is 0.0943. The second-order valence-corrected chi connectivity index (χ2v) is 9.34. The minimum Gasteiger partial charge on any atom is -0.350 e. The van der Waals surface area contributed by atoms with Gasteiger partial charge in [-0.25, -0.2) is 4.98 Å². The summed E-state index contributed by atoms with van der Waals surface area (Å²) in [5.74, 6) is 0.620. The number of para-hydroxylation sites is 1. The zero-order chi connectivity index (χ0) is 23.4. The smallest absolute Gasteiger partial charge is 0.262 e. The molecule has 168 valence electrons. The molecular formula is C27H27N3O2S. The minimum atomic E-state index is -0.101. The summed E-state index contributed by atoms with van der Waals surface area (Å²) < 4.78 is 1.73. The molecule has 6 heteroatoms. The molecule has 0 radical (unpaired) electrons. The Balaban J connectivity index is 1.64. The molecule has 0 saturated heterocycles. The van der Waals surface area contributed by atoms with Crippen LogP contribution in [0, 0.1) is 6.92 Å². The summed E-state index contributed by atoms with van der Waals surface area (Å²) in [6, 6.07) is 23.3. The Kier molecular flexibility index (Phi) is 6.94. The van der Waals surface area contributed by atoms with Gasteiger partial charge in [0.25, 0.3) is 11.5 Å². The number of hydrogen-bond donors (Lipinski definition) is 1. The number of nitrogens with one attached hydrogen (secondary N) is 1. The molecule has 4 aromatic rings. The first-order valence-corrected chi connectivity index (χ1v) is 12.0. The summed E-state index contributed by atoms with van der Waals surface area (Å²) in [6.45, 7) is 6.32. The van der Waals surface area contributed by atoms with Crippen LogP contribution in [-0.4, -0.2) is 21.5 Å². The lowest BCUT2D eigenvalue weighted by Gasteiger charge is -2.14. The molecule has 0 spiro atoms. The minimum absolute atomic E-state index is 0.0615. The number of hydrogen-bond acceptors (Lipinski definition) is 4. The third-order valence-corrected chi connectivity index (χ3v) is 6.34. The highest BCUT2D eigenvalue weighted by molar-refractivity contribution is 7.98. The van der Waals surface area contributed by atoms with Crippen LogP contribution in [0.25, 0.3) is 10.9 Å².